The van der Waals surface area contributed by atoms with Gasteiger partial charge in [-0.2, -0.15) is 4.98 Å². The third-order valence-electron chi connectivity index (χ3n) is 2.01. The molecular formula is C10H13N5. The van der Waals surface area contributed by atoms with Crippen LogP contribution in [0.15, 0.2) is 24.5 Å². The van der Waals surface area contributed by atoms with Crippen LogP contribution in [-0.2, 0) is 6.42 Å². The molecule has 0 spiro atoms. The molecule has 0 saturated heterocycles. The predicted octanol–water partition coefficient (Wildman–Crippen LogP) is 0.856. The summed E-state index contributed by atoms with van der Waals surface area (Å²) < 4.78 is 0. The lowest BCUT2D eigenvalue weighted by Gasteiger charge is -2.03. The largest absolute Gasteiger partial charge is 0.346 e. The molecule has 5 nitrogen and oxygen atoms in total. The number of H-pyrrole nitrogens is 1. The van der Waals surface area contributed by atoms with Crippen LogP contribution >= 0.6 is 0 Å². The van der Waals surface area contributed by atoms with Crippen LogP contribution < -0.4 is 4.90 Å². The van der Waals surface area contributed by atoms with Crippen LogP contribution in [-0.4, -0.2) is 34.3 Å². The summed E-state index contributed by atoms with van der Waals surface area (Å²) in [7, 11) is 3.83. The molecule has 0 radical (unpaired) electrons. The van der Waals surface area contributed by atoms with Crippen molar-refractivity contribution in [1.29, 1.82) is 0 Å². The number of nitrogens with one attached hydrogen (secondary N) is 1. The number of hydrogen-bond donors (Lipinski definition) is 1. The van der Waals surface area contributed by atoms with E-state index in [0.717, 1.165) is 17.8 Å². The van der Waals surface area contributed by atoms with Crippen molar-refractivity contribution >= 4 is 5.95 Å². The van der Waals surface area contributed by atoms with Crippen molar-refractivity contribution in [3.8, 4) is 0 Å². The Kier molecular flexibility index (Phi) is 2.62. The molecule has 2 aromatic rings. The Morgan fingerprint density at radius 3 is 2.87 bits per heavy atom. The summed E-state index contributed by atoms with van der Waals surface area (Å²) in [5, 5.41) is 6.99. The summed E-state index contributed by atoms with van der Waals surface area (Å²) in [5.41, 5.74) is 1.12. The van der Waals surface area contributed by atoms with Crippen molar-refractivity contribution in [3.05, 3.63) is 35.9 Å². The van der Waals surface area contributed by atoms with Crippen molar-refractivity contribution in [1.82, 2.24) is 20.2 Å². The highest BCUT2D eigenvalue weighted by atomic mass is 15.3. The lowest BCUT2D eigenvalue weighted by Crippen LogP contribution is -2.10. The van der Waals surface area contributed by atoms with Gasteiger partial charge in [-0.15, -0.1) is 5.10 Å². The van der Waals surface area contributed by atoms with Gasteiger partial charge in [-0.3, -0.25) is 10.1 Å². The molecule has 2 aromatic heterocycles. The molecule has 78 valence electrons. The first-order valence-electron chi connectivity index (χ1n) is 4.73. The first-order chi connectivity index (χ1) is 7.25. The van der Waals surface area contributed by atoms with E-state index in [9.17, 15) is 0 Å². The second-order valence-corrected chi connectivity index (χ2v) is 3.51. The zero-order chi connectivity index (χ0) is 10.7. The highest BCUT2D eigenvalue weighted by Crippen LogP contribution is 2.06. The van der Waals surface area contributed by atoms with Gasteiger partial charge in [-0.05, 0) is 11.6 Å². The summed E-state index contributed by atoms with van der Waals surface area (Å²) in [6.07, 6.45) is 4.32. The van der Waals surface area contributed by atoms with E-state index in [1.807, 2.05) is 37.3 Å². The van der Waals surface area contributed by atoms with Crippen LogP contribution in [0.4, 0.5) is 5.95 Å². The van der Waals surface area contributed by atoms with Gasteiger partial charge < -0.3 is 4.90 Å². The molecule has 1 N–H and O–H groups in total. The van der Waals surface area contributed by atoms with E-state index in [1.165, 1.54) is 0 Å². The Balaban J connectivity index is 2.12. The average molecular weight is 203 g/mol. The van der Waals surface area contributed by atoms with E-state index < -0.39 is 0 Å². The number of hydrogen-bond acceptors (Lipinski definition) is 4. The number of aromatic amines is 1. The minimum atomic E-state index is 0.703. The quantitative estimate of drug-likeness (QED) is 0.803. The number of anilines is 1. The summed E-state index contributed by atoms with van der Waals surface area (Å²) >= 11 is 0. The molecule has 2 rings (SSSR count). The predicted molar refractivity (Wildman–Crippen MR) is 57.8 cm³/mol. The van der Waals surface area contributed by atoms with Crippen LogP contribution in [0.25, 0.3) is 0 Å². The topological polar surface area (TPSA) is 57.7 Å². The van der Waals surface area contributed by atoms with E-state index in [1.54, 1.807) is 6.20 Å². The molecule has 2 heterocycles. The minimum Gasteiger partial charge on any atom is -0.346 e. The molecule has 0 fully saturated rings. The molecule has 0 unspecified atom stereocenters. The number of nitrogens with zero attached hydrogens (tertiary/aromatic N) is 4. The zero-order valence-corrected chi connectivity index (χ0v) is 8.81. The smallest absolute Gasteiger partial charge is 0.244 e. The van der Waals surface area contributed by atoms with E-state index >= 15 is 0 Å². The molecule has 0 amide bonds. The van der Waals surface area contributed by atoms with Crippen LogP contribution in [0, 0.1) is 0 Å². The van der Waals surface area contributed by atoms with Crippen LogP contribution in [0.5, 0.6) is 0 Å². The van der Waals surface area contributed by atoms with E-state index in [-0.39, 0.29) is 0 Å². The first-order valence-corrected chi connectivity index (χ1v) is 4.73. The molecule has 0 aliphatic heterocycles. The lowest BCUT2D eigenvalue weighted by atomic mass is 10.2. The minimum absolute atomic E-state index is 0.703. The van der Waals surface area contributed by atoms with Crippen molar-refractivity contribution in [3.63, 3.8) is 0 Å². The normalized spacial score (nSPS) is 10.3. The molecule has 5 heteroatoms. The van der Waals surface area contributed by atoms with Gasteiger partial charge in [0.25, 0.3) is 0 Å². The number of rotatable bonds is 3. The molecule has 0 atom stereocenters. The number of pyridine rings is 1. The van der Waals surface area contributed by atoms with Crippen molar-refractivity contribution < 1.29 is 0 Å². The van der Waals surface area contributed by atoms with Gasteiger partial charge in [0.15, 0.2) is 0 Å². The summed E-state index contributed by atoms with van der Waals surface area (Å²) in [6.45, 7) is 0. The fraction of sp³-hybridized carbons (Fsp3) is 0.300. The summed E-state index contributed by atoms with van der Waals surface area (Å²) in [5.74, 6) is 1.56. The highest BCUT2D eigenvalue weighted by Gasteiger charge is 2.04. The average Bonchev–Trinajstić information content (AvgIpc) is 2.68. The summed E-state index contributed by atoms with van der Waals surface area (Å²) in [4.78, 5) is 10.3. The van der Waals surface area contributed by atoms with Crippen molar-refractivity contribution in [2.24, 2.45) is 0 Å². The Morgan fingerprint density at radius 1 is 1.40 bits per heavy atom. The maximum atomic E-state index is 4.34. The third kappa shape index (κ3) is 2.31. The van der Waals surface area contributed by atoms with Gasteiger partial charge >= 0.3 is 0 Å². The standard InChI is InChI=1S/C10H13N5/c1-15(2)10-12-9(13-14-10)6-8-4-3-5-11-7-8/h3-5,7H,6H2,1-2H3,(H,12,13,14). The van der Waals surface area contributed by atoms with Crippen molar-refractivity contribution in [2.45, 2.75) is 6.42 Å². The maximum Gasteiger partial charge on any atom is 0.244 e. The first kappa shape index (κ1) is 9.64. The van der Waals surface area contributed by atoms with Gasteiger partial charge in [-0.1, -0.05) is 6.07 Å². The van der Waals surface area contributed by atoms with Crippen LogP contribution in [0.2, 0.25) is 0 Å². The van der Waals surface area contributed by atoms with Crippen molar-refractivity contribution in [2.75, 3.05) is 19.0 Å². The van der Waals surface area contributed by atoms with E-state index in [2.05, 4.69) is 20.2 Å². The second-order valence-electron chi connectivity index (χ2n) is 3.51. The Hall–Kier alpha value is -1.91. The molecule has 0 aliphatic rings. The van der Waals surface area contributed by atoms with E-state index in [4.69, 9.17) is 0 Å². The molecule has 0 aromatic carbocycles. The fourth-order valence-corrected chi connectivity index (χ4v) is 1.26. The van der Waals surface area contributed by atoms with E-state index in [0.29, 0.717) is 5.95 Å². The van der Waals surface area contributed by atoms with Gasteiger partial charge in [-0.25, -0.2) is 0 Å². The highest BCUT2D eigenvalue weighted by molar-refractivity contribution is 5.26. The molecular weight excluding hydrogens is 190 g/mol. The Morgan fingerprint density at radius 2 is 2.27 bits per heavy atom. The monoisotopic (exact) mass is 203 g/mol. The zero-order valence-electron chi connectivity index (χ0n) is 8.81. The van der Waals surface area contributed by atoms with Gasteiger partial charge in [0.05, 0.1) is 0 Å². The summed E-state index contributed by atoms with van der Waals surface area (Å²) in [6, 6.07) is 3.93. The van der Waals surface area contributed by atoms with Gasteiger partial charge in [0.2, 0.25) is 5.95 Å². The Labute approximate surface area is 88.2 Å². The Bertz CT molecular complexity index is 420. The van der Waals surface area contributed by atoms with Crippen LogP contribution in [0.3, 0.4) is 0 Å². The second kappa shape index (κ2) is 4.08. The fourth-order valence-electron chi connectivity index (χ4n) is 1.26. The lowest BCUT2D eigenvalue weighted by molar-refractivity contribution is 0.962. The van der Waals surface area contributed by atoms with Gasteiger partial charge in [0.1, 0.15) is 5.82 Å². The molecule has 0 saturated carbocycles. The van der Waals surface area contributed by atoms with Crippen LogP contribution in [0.1, 0.15) is 11.4 Å². The molecule has 0 bridgehead atoms. The molecule has 15 heavy (non-hydrogen) atoms. The third-order valence-corrected chi connectivity index (χ3v) is 2.01. The SMILES string of the molecule is CN(C)c1n[nH]c(Cc2cccnc2)n1. The van der Waals surface area contributed by atoms with Gasteiger partial charge in [0, 0.05) is 32.9 Å². The molecule has 0 aliphatic carbocycles. The maximum absolute atomic E-state index is 4.34. The number of aromatic nitrogens is 4.